The van der Waals surface area contributed by atoms with Gasteiger partial charge in [0.05, 0.1) is 29.2 Å². The van der Waals surface area contributed by atoms with Crippen molar-refractivity contribution in [2.75, 3.05) is 32.0 Å². The molecule has 2 atom stereocenters. The van der Waals surface area contributed by atoms with Crippen LogP contribution in [0.3, 0.4) is 0 Å². The Kier molecular flexibility index (Phi) is 10.3. The zero-order chi connectivity index (χ0) is 22.9. The molecule has 1 aromatic carbocycles. The lowest BCUT2D eigenvalue weighted by Crippen LogP contribution is -2.47. The van der Waals surface area contributed by atoms with Crippen LogP contribution in [0.5, 0.6) is 0 Å². The molecule has 1 unspecified atom stereocenters. The summed E-state index contributed by atoms with van der Waals surface area (Å²) in [6.07, 6.45) is 1.47. The molecule has 0 aliphatic carbocycles. The highest BCUT2D eigenvalue weighted by Gasteiger charge is 2.22. The van der Waals surface area contributed by atoms with Crippen molar-refractivity contribution < 1.29 is 14.3 Å². The van der Waals surface area contributed by atoms with E-state index in [1.165, 1.54) is 0 Å². The van der Waals surface area contributed by atoms with Gasteiger partial charge in [0.1, 0.15) is 4.71 Å². The standard InChI is InChI=1S/C21H28Cl2N4O3S2/c22-17-4-3-14(8-18(17)23)11-27-5-6-30-16(12-27)10-25-20(29)2-1-7-31-21-26-15(13-32-21)9-19(24)28/h3-4,8,13,16,21,26H,1-2,5-7,9-12H2,(H2,24,28)(H,25,29)/t16-,21?/m0/s1. The number of carbonyl (C=O) groups is 2. The summed E-state index contributed by atoms with van der Waals surface area (Å²) < 4.78 is 5.98. The molecule has 0 saturated carbocycles. The number of rotatable bonds is 11. The first kappa shape index (κ1) is 25.5. The number of benzene rings is 1. The van der Waals surface area contributed by atoms with Gasteiger partial charge in [-0.15, -0.1) is 11.8 Å². The van der Waals surface area contributed by atoms with Crippen molar-refractivity contribution >= 4 is 58.5 Å². The fourth-order valence-electron chi connectivity index (χ4n) is 3.41. The first-order valence-electron chi connectivity index (χ1n) is 10.4. The summed E-state index contributed by atoms with van der Waals surface area (Å²) in [6, 6.07) is 5.68. The van der Waals surface area contributed by atoms with Crippen molar-refractivity contribution in [1.29, 1.82) is 0 Å². The van der Waals surface area contributed by atoms with Gasteiger partial charge in [0.2, 0.25) is 11.8 Å². The third-order valence-electron chi connectivity index (χ3n) is 4.96. The summed E-state index contributed by atoms with van der Waals surface area (Å²) in [5, 5.41) is 9.29. The maximum absolute atomic E-state index is 12.2. The lowest BCUT2D eigenvalue weighted by atomic mass is 10.2. The van der Waals surface area contributed by atoms with Crippen LogP contribution in [-0.2, 0) is 20.9 Å². The molecule has 2 aliphatic heterocycles. The van der Waals surface area contributed by atoms with E-state index in [1.54, 1.807) is 23.5 Å². The van der Waals surface area contributed by atoms with E-state index in [9.17, 15) is 9.59 Å². The topological polar surface area (TPSA) is 96.7 Å². The van der Waals surface area contributed by atoms with Crippen LogP contribution >= 0.6 is 46.7 Å². The second-order valence-corrected chi connectivity index (χ2v) is 11.0. The largest absolute Gasteiger partial charge is 0.374 e. The van der Waals surface area contributed by atoms with Gasteiger partial charge < -0.3 is 21.1 Å². The molecule has 4 N–H and O–H groups in total. The molecule has 1 fully saturated rings. The lowest BCUT2D eigenvalue weighted by Gasteiger charge is -2.33. The van der Waals surface area contributed by atoms with Gasteiger partial charge >= 0.3 is 0 Å². The maximum Gasteiger partial charge on any atom is 0.223 e. The van der Waals surface area contributed by atoms with E-state index in [4.69, 9.17) is 33.7 Å². The van der Waals surface area contributed by atoms with Crippen LogP contribution < -0.4 is 16.4 Å². The predicted molar refractivity (Wildman–Crippen MR) is 133 cm³/mol. The quantitative estimate of drug-likeness (QED) is 0.387. The molecule has 32 heavy (non-hydrogen) atoms. The average molecular weight is 520 g/mol. The molecule has 2 amide bonds. The highest BCUT2D eigenvalue weighted by molar-refractivity contribution is 8.18. The Morgan fingerprint density at radius 2 is 2.19 bits per heavy atom. The van der Waals surface area contributed by atoms with Crippen LogP contribution in [0.15, 0.2) is 29.3 Å². The van der Waals surface area contributed by atoms with Gasteiger partial charge in [-0.1, -0.05) is 41.0 Å². The molecule has 0 bridgehead atoms. The van der Waals surface area contributed by atoms with Gasteiger partial charge in [-0.3, -0.25) is 14.5 Å². The van der Waals surface area contributed by atoms with Crippen LogP contribution in [0.2, 0.25) is 10.0 Å². The van der Waals surface area contributed by atoms with Crippen LogP contribution in [0.1, 0.15) is 24.8 Å². The first-order chi connectivity index (χ1) is 15.4. The molecule has 0 aromatic heterocycles. The molecular weight excluding hydrogens is 491 g/mol. The van der Waals surface area contributed by atoms with Crippen LogP contribution in [0, 0.1) is 0 Å². The highest BCUT2D eigenvalue weighted by Crippen LogP contribution is 2.31. The van der Waals surface area contributed by atoms with E-state index in [2.05, 4.69) is 15.5 Å². The van der Waals surface area contributed by atoms with Crippen molar-refractivity contribution in [2.24, 2.45) is 5.73 Å². The van der Waals surface area contributed by atoms with Crippen LogP contribution in [-0.4, -0.2) is 59.5 Å². The number of nitrogens with one attached hydrogen (secondary N) is 2. The van der Waals surface area contributed by atoms with Gasteiger partial charge in [-0.25, -0.2) is 0 Å². The van der Waals surface area contributed by atoms with Gasteiger partial charge in [0.15, 0.2) is 0 Å². The van der Waals surface area contributed by atoms with E-state index in [0.29, 0.717) is 29.6 Å². The average Bonchev–Trinajstić information content (AvgIpc) is 3.19. The summed E-state index contributed by atoms with van der Waals surface area (Å²) in [7, 11) is 0. The van der Waals surface area contributed by atoms with Crippen LogP contribution in [0.25, 0.3) is 0 Å². The van der Waals surface area contributed by atoms with E-state index < -0.39 is 0 Å². The molecule has 7 nitrogen and oxygen atoms in total. The molecule has 1 aromatic rings. The smallest absolute Gasteiger partial charge is 0.223 e. The number of hydrogen-bond acceptors (Lipinski definition) is 7. The summed E-state index contributed by atoms with van der Waals surface area (Å²) in [5.74, 6) is 0.550. The molecule has 2 heterocycles. The third kappa shape index (κ3) is 8.68. The number of morpholine rings is 1. The van der Waals surface area contributed by atoms with E-state index in [-0.39, 0.29) is 29.0 Å². The van der Waals surface area contributed by atoms with Gasteiger partial charge in [0, 0.05) is 38.3 Å². The Balaban J connectivity index is 1.27. The molecule has 1 saturated heterocycles. The van der Waals surface area contributed by atoms with Crippen molar-refractivity contribution in [3.63, 3.8) is 0 Å². The minimum absolute atomic E-state index is 0.0290. The minimum atomic E-state index is -0.342. The second-order valence-electron chi connectivity index (χ2n) is 7.65. The monoisotopic (exact) mass is 518 g/mol. The second kappa shape index (κ2) is 13.0. The van der Waals surface area contributed by atoms with Crippen molar-refractivity contribution in [2.45, 2.75) is 36.6 Å². The molecule has 3 rings (SSSR count). The molecule has 2 aliphatic rings. The number of hydrogen-bond donors (Lipinski definition) is 3. The van der Waals surface area contributed by atoms with Crippen molar-refractivity contribution in [1.82, 2.24) is 15.5 Å². The Hall–Kier alpha value is -1.10. The number of primary amides is 1. The number of ether oxygens (including phenoxy) is 1. The maximum atomic E-state index is 12.2. The number of carbonyl (C=O) groups excluding carboxylic acids is 2. The molecule has 0 spiro atoms. The summed E-state index contributed by atoms with van der Waals surface area (Å²) in [4.78, 5) is 25.4. The number of nitrogens with two attached hydrogens (primary N) is 1. The normalized spacial score (nSPS) is 21.1. The Morgan fingerprint density at radius 3 is 2.97 bits per heavy atom. The summed E-state index contributed by atoms with van der Waals surface area (Å²) in [5.41, 5.74) is 7.17. The lowest BCUT2D eigenvalue weighted by molar-refractivity contribution is -0.122. The zero-order valence-corrected chi connectivity index (χ0v) is 20.8. The SMILES string of the molecule is NC(=O)CC1=CSC(SCCCC(=O)NC[C@H]2CN(Cc3ccc(Cl)c(Cl)c3)CCO2)N1. The van der Waals surface area contributed by atoms with Gasteiger partial charge in [0.25, 0.3) is 0 Å². The number of amides is 2. The van der Waals surface area contributed by atoms with E-state index in [0.717, 1.165) is 43.1 Å². The van der Waals surface area contributed by atoms with Crippen molar-refractivity contribution in [3.05, 3.63) is 44.9 Å². The predicted octanol–water partition coefficient (Wildman–Crippen LogP) is 3.16. The first-order valence-corrected chi connectivity index (χ1v) is 13.2. The molecular formula is C21H28Cl2N4O3S2. The fraction of sp³-hybridized carbons (Fsp3) is 0.524. The number of nitrogens with zero attached hydrogens (tertiary/aromatic N) is 1. The highest BCUT2D eigenvalue weighted by atomic mass is 35.5. The van der Waals surface area contributed by atoms with Gasteiger partial charge in [-0.2, -0.15) is 0 Å². The summed E-state index contributed by atoms with van der Waals surface area (Å²) >= 11 is 15.5. The Morgan fingerprint density at radius 1 is 1.34 bits per heavy atom. The molecule has 0 radical (unpaired) electrons. The molecule has 11 heteroatoms. The molecule has 176 valence electrons. The van der Waals surface area contributed by atoms with Gasteiger partial charge in [-0.05, 0) is 35.3 Å². The van der Waals surface area contributed by atoms with E-state index >= 15 is 0 Å². The summed E-state index contributed by atoms with van der Waals surface area (Å²) in [6.45, 7) is 3.50. The van der Waals surface area contributed by atoms with Crippen molar-refractivity contribution in [3.8, 4) is 0 Å². The number of halogens is 2. The minimum Gasteiger partial charge on any atom is -0.374 e. The van der Waals surface area contributed by atoms with Crippen LogP contribution in [0.4, 0.5) is 0 Å². The Bertz CT molecular complexity index is 843. The Labute approximate surface area is 207 Å². The van der Waals surface area contributed by atoms with E-state index in [1.807, 2.05) is 23.6 Å². The fourth-order valence-corrected chi connectivity index (χ4v) is 5.92. The third-order valence-corrected chi connectivity index (χ3v) is 8.17. The number of thioether (sulfide) groups is 2. The zero-order valence-electron chi connectivity index (χ0n) is 17.6.